The molecule has 2 unspecified atom stereocenters. The number of hydrogen-bond acceptors (Lipinski definition) is 1. The van der Waals surface area contributed by atoms with Gasteiger partial charge in [-0.1, -0.05) is 154 Å². The number of aromatic nitrogens is 1. The first-order chi connectivity index (χ1) is 26.5. The second-order valence-electron chi connectivity index (χ2n) is 15.4. The van der Waals surface area contributed by atoms with Crippen LogP contribution in [0.5, 0.6) is 0 Å². The van der Waals surface area contributed by atoms with E-state index in [0.717, 1.165) is 0 Å². The number of allylic oxidation sites excluding steroid dienone is 2. The van der Waals surface area contributed by atoms with Gasteiger partial charge in [0.25, 0.3) is 0 Å². The highest BCUT2D eigenvalue weighted by molar-refractivity contribution is 6.10. The molecule has 8 aromatic rings. The van der Waals surface area contributed by atoms with Crippen molar-refractivity contribution >= 4 is 38.8 Å². The van der Waals surface area contributed by atoms with Crippen molar-refractivity contribution in [3.8, 4) is 27.9 Å². The first-order valence-electron chi connectivity index (χ1n) is 19.1. The van der Waals surface area contributed by atoms with E-state index in [0.29, 0.717) is 0 Å². The van der Waals surface area contributed by atoms with Crippen LogP contribution in [0.1, 0.15) is 37.5 Å². The zero-order valence-electron chi connectivity index (χ0n) is 30.9. The average Bonchev–Trinajstić information content (AvgIpc) is 3.67. The molecule has 0 N–H and O–H groups in total. The Morgan fingerprint density at radius 2 is 1.15 bits per heavy atom. The van der Waals surface area contributed by atoms with Crippen LogP contribution in [0, 0.1) is 5.92 Å². The molecule has 2 atom stereocenters. The lowest BCUT2D eigenvalue weighted by molar-refractivity contribution is 0.610. The van der Waals surface area contributed by atoms with Crippen LogP contribution in [0.3, 0.4) is 0 Å². The lowest BCUT2D eigenvalue weighted by atomic mass is 9.82. The maximum Gasteiger partial charge on any atom is 0.0585 e. The molecule has 0 radical (unpaired) electrons. The quantitative estimate of drug-likeness (QED) is 0.168. The minimum Gasteiger partial charge on any atom is -0.334 e. The van der Waals surface area contributed by atoms with E-state index in [1.807, 2.05) is 0 Å². The highest BCUT2D eigenvalue weighted by atomic mass is 15.2. The van der Waals surface area contributed by atoms with Crippen molar-refractivity contribution in [2.75, 3.05) is 4.90 Å². The van der Waals surface area contributed by atoms with E-state index in [1.165, 1.54) is 83.4 Å². The molecular formula is C52H42N2. The first kappa shape index (κ1) is 32.3. The highest BCUT2D eigenvalue weighted by Crippen LogP contribution is 2.50. The molecule has 0 saturated carbocycles. The third-order valence-electron chi connectivity index (χ3n) is 11.9. The van der Waals surface area contributed by atoms with E-state index in [4.69, 9.17) is 0 Å². The molecule has 2 heteroatoms. The largest absolute Gasteiger partial charge is 0.334 e. The van der Waals surface area contributed by atoms with Gasteiger partial charge in [0.05, 0.1) is 17.1 Å². The summed E-state index contributed by atoms with van der Waals surface area (Å²) in [6.45, 7) is 7.10. The third-order valence-corrected chi connectivity index (χ3v) is 11.9. The molecule has 2 nitrogen and oxygen atoms in total. The van der Waals surface area contributed by atoms with Crippen LogP contribution in [0.15, 0.2) is 188 Å². The van der Waals surface area contributed by atoms with E-state index in [2.05, 4.69) is 218 Å². The number of rotatable bonds is 6. The number of hydrogen-bond donors (Lipinski definition) is 0. The standard InChI is InChI=1S/C52H42N2/c1-35-32-38(39-25-31-51-46(33-39)45-19-11-13-21-50(45)54(51)40-16-8-5-9-17-40)24-30-49(35)53(41-26-22-37(23-27-41)36-14-6-4-7-15-36)42-28-29-44-43-18-10-12-20-47(43)52(2,3)48(44)34-42/h4-35,49H,1-3H3. The molecule has 54 heavy (non-hydrogen) atoms. The number of benzene rings is 7. The van der Waals surface area contributed by atoms with Crippen molar-refractivity contribution in [3.05, 3.63) is 205 Å². The van der Waals surface area contributed by atoms with Gasteiger partial charge in [0, 0.05) is 33.2 Å². The molecular weight excluding hydrogens is 653 g/mol. The van der Waals surface area contributed by atoms with Crippen molar-refractivity contribution in [1.82, 2.24) is 4.57 Å². The summed E-state index contributed by atoms with van der Waals surface area (Å²) in [6, 6.07) is 62.4. The van der Waals surface area contributed by atoms with Gasteiger partial charge in [-0.3, -0.25) is 0 Å². The van der Waals surface area contributed by atoms with Crippen LogP contribution in [0.25, 0.3) is 55.3 Å². The van der Waals surface area contributed by atoms with Crippen molar-refractivity contribution in [2.24, 2.45) is 5.92 Å². The number of fused-ring (bicyclic) bond motifs is 6. The maximum absolute atomic E-state index is 2.55. The van der Waals surface area contributed by atoms with E-state index >= 15 is 0 Å². The van der Waals surface area contributed by atoms with E-state index < -0.39 is 0 Å². The van der Waals surface area contributed by atoms with Crippen LogP contribution in [0.2, 0.25) is 0 Å². The molecule has 0 amide bonds. The Balaban J connectivity index is 1.05. The average molecular weight is 695 g/mol. The SMILES string of the molecule is CC1C=C(c2ccc3c(c2)c2ccccc2n3-c2ccccc2)C=CC1N(c1ccc(-c2ccccc2)cc1)c1ccc2c(c1)C(C)(C)c1ccccc1-2. The van der Waals surface area contributed by atoms with Gasteiger partial charge in [0.1, 0.15) is 0 Å². The summed E-state index contributed by atoms with van der Waals surface area (Å²) in [4.78, 5) is 2.55. The van der Waals surface area contributed by atoms with Crippen molar-refractivity contribution in [3.63, 3.8) is 0 Å². The van der Waals surface area contributed by atoms with E-state index in [1.54, 1.807) is 0 Å². The Hall–Kier alpha value is -6.38. The summed E-state index contributed by atoms with van der Waals surface area (Å²) < 4.78 is 2.38. The summed E-state index contributed by atoms with van der Waals surface area (Å²) in [7, 11) is 0. The Morgan fingerprint density at radius 3 is 1.94 bits per heavy atom. The van der Waals surface area contributed by atoms with Gasteiger partial charge in [-0.25, -0.2) is 0 Å². The fourth-order valence-corrected chi connectivity index (χ4v) is 9.12. The maximum atomic E-state index is 2.55. The van der Waals surface area contributed by atoms with Crippen LogP contribution < -0.4 is 4.90 Å². The molecule has 10 rings (SSSR count). The molecule has 1 heterocycles. The minimum absolute atomic E-state index is 0.0753. The fraction of sp³-hybridized carbons (Fsp3) is 0.115. The van der Waals surface area contributed by atoms with Gasteiger partial charge >= 0.3 is 0 Å². The van der Waals surface area contributed by atoms with Gasteiger partial charge in [0.2, 0.25) is 0 Å². The predicted molar refractivity (Wildman–Crippen MR) is 229 cm³/mol. The summed E-state index contributed by atoms with van der Waals surface area (Å²) in [5, 5.41) is 2.55. The Bertz CT molecular complexity index is 2750. The van der Waals surface area contributed by atoms with Gasteiger partial charge in [-0.15, -0.1) is 0 Å². The van der Waals surface area contributed by atoms with Crippen LogP contribution >= 0.6 is 0 Å². The highest BCUT2D eigenvalue weighted by Gasteiger charge is 2.36. The molecule has 0 fully saturated rings. The number of para-hydroxylation sites is 2. The minimum atomic E-state index is -0.0753. The first-order valence-corrected chi connectivity index (χ1v) is 19.1. The molecule has 7 aromatic carbocycles. The van der Waals surface area contributed by atoms with E-state index in [9.17, 15) is 0 Å². The van der Waals surface area contributed by atoms with Gasteiger partial charge in [-0.05, 0) is 105 Å². The van der Waals surface area contributed by atoms with Gasteiger partial charge in [0.15, 0.2) is 0 Å². The van der Waals surface area contributed by atoms with Crippen LogP contribution in [-0.2, 0) is 5.41 Å². The molecule has 0 bridgehead atoms. The number of anilines is 2. The fourth-order valence-electron chi connectivity index (χ4n) is 9.12. The van der Waals surface area contributed by atoms with Gasteiger partial charge in [-0.2, -0.15) is 0 Å². The second kappa shape index (κ2) is 12.6. The van der Waals surface area contributed by atoms with Crippen molar-refractivity contribution in [1.29, 1.82) is 0 Å². The zero-order valence-corrected chi connectivity index (χ0v) is 30.9. The smallest absolute Gasteiger partial charge is 0.0585 e. The molecule has 0 spiro atoms. The summed E-state index contributed by atoms with van der Waals surface area (Å²) >= 11 is 0. The Morgan fingerprint density at radius 1 is 0.519 bits per heavy atom. The summed E-state index contributed by atoms with van der Waals surface area (Å²) in [5.74, 6) is 0.249. The van der Waals surface area contributed by atoms with Gasteiger partial charge < -0.3 is 9.47 Å². The molecule has 2 aliphatic carbocycles. The lowest BCUT2D eigenvalue weighted by Gasteiger charge is -2.37. The number of nitrogens with zero attached hydrogens (tertiary/aromatic N) is 2. The lowest BCUT2D eigenvalue weighted by Crippen LogP contribution is -2.35. The summed E-state index contributed by atoms with van der Waals surface area (Å²) in [5.41, 5.74) is 16.4. The zero-order chi connectivity index (χ0) is 36.4. The Labute approximate surface area is 318 Å². The monoisotopic (exact) mass is 694 g/mol. The normalized spacial score (nSPS) is 17.0. The topological polar surface area (TPSA) is 8.17 Å². The summed E-state index contributed by atoms with van der Waals surface area (Å²) in [6.07, 6.45) is 7.25. The van der Waals surface area contributed by atoms with Crippen LogP contribution in [-0.4, -0.2) is 10.6 Å². The Kier molecular flexibility index (Phi) is 7.56. The molecule has 260 valence electrons. The van der Waals surface area contributed by atoms with Crippen molar-refractivity contribution < 1.29 is 0 Å². The third kappa shape index (κ3) is 5.16. The predicted octanol–water partition coefficient (Wildman–Crippen LogP) is 13.6. The molecule has 2 aliphatic rings. The second-order valence-corrected chi connectivity index (χ2v) is 15.4. The van der Waals surface area contributed by atoms with Crippen molar-refractivity contribution in [2.45, 2.75) is 32.2 Å². The van der Waals surface area contributed by atoms with E-state index in [-0.39, 0.29) is 17.4 Å². The molecule has 0 saturated heterocycles. The molecule has 1 aromatic heterocycles. The van der Waals surface area contributed by atoms with Crippen LogP contribution in [0.4, 0.5) is 11.4 Å². The molecule has 0 aliphatic heterocycles.